The van der Waals surface area contributed by atoms with Crippen molar-refractivity contribution in [1.29, 1.82) is 0 Å². The van der Waals surface area contributed by atoms with Crippen LogP contribution in [-0.2, 0) is 4.79 Å². The second-order valence-electron chi connectivity index (χ2n) is 5.78. The van der Waals surface area contributed by atoms with Crippen LogP contribution in [0, 0.1) is 11.6 Å². The van der Waals surface area contributed by atoms with E-state index in [2.05, 4.69) is 5.32 Å². The van der Waals surface area contributed by atoms with Crippen LogP contribution in [-0.4, -0.2) is 44.4 Å². The number of halogens is 2. The summed E-state index contributed by atoms with van der Waals surface area (Å²) in [5, 5.41) is 2.69. The van der Waals surface area contributed by atoms with Crippen LogP contribution in [0.3, 0.4) is 0 Å². The molecule has 0 saturated heterocycles. The highest BCUT2D eigenvalue weighted by Gasteiger charge is 2.11. The maximum absolute atomic E-state index is 13.3. The number of hydrogen-bond donors (Lipinski definition) is 1. The highest BCUT2D eigenvalue weighted by Crippen LogP contribution is 2.17. The molecule has 0 atom stereocenters. The molecule has 0 spiro atoms. The molecule has 2 amide bonds. The number of amides is 2. The zero-order chi connectivity index (χ0) is 18.6. The van der Waals surface area contributed by atoms with Gasteiger partial charge in [0.25, 0.3) is 5.91 Å². The summed E-state index contributed by atoms with van der Waals surface area (Å²) in [7, 11) is 4.92. The number of likely N-dealkylation sites (N-methyl/N-ethyl adjacent to an activating group) is 1. The third-order valence-corrected chi connectivity index (χ3v) is 3.55. The molecule has 132 valence electrons. The third-order valence-electron chi connectivity index (χ3n) is 3.55. The Hall–Kier alpha value is -2.96. The quantitative estimate of drug-likeness (QED) is 0.905. The maximum atomic E-state index is 13.3. The largest absolute Gasteiger partial charge is 0.365 e. The van der Waals surface area contributed by atoms with Crippen molar-refractivity contribution >= 4 is 23.2 Å². The molecule has 2 rings (SSSR count). The van der Waals surface area contributed by atoms with Gasteiger partial charge in [0.2, 0.25) is 5.91 Å². The number of benzene rings is 2. The average molecular weight is 347 g/mol. The molecule has 25 heavy (non-hydrogen) atoms. The van der Waals surface area contributed by atoms with Gasteiger partial charge in [0.15, 0.2) is 11.6 Å². The van der Waals surface area contributed by atoms with E-state index in [-0.39, 0.29) is 18.4 Å². The first-order valence-electron chi connectivity index (χ1n) is 7.55. The second kappa shape index (κ2) is 7.74. The minimum absolute atomic E-state index is 0.0382. The van der Waals surface area contributed by atoms with Gasteiger partial charge in [-0.25, -0.2) is 8.78 Å². The van der Waals surface area contributed by atoms with Crippen molar-refractivity contribution in [3.8, 4) is 0 Å². The average Bonchev–Trinajstić information content (AvgIpc) is 2.57. The van der Waals surface area contributed by atoms with Gasteiger partial charge in [-0.05, 0) is 36.4 Å². The molecule has 0 aliphatic rings. The molecule has 0 aliphatic carbocycles. The molecule has 5 nitrogen and oxygen atoms in total. The van der Waals surface area contributed by atoms with Crippen LogP contribution >= 0.6 is 0 Å². The van der Waals surface area contributed by atoms with Crippen molar-refractivity contribution in [3.63, 3.8) is 0 Å². The van der Waals surface area contributed by atoms with Gasteiger partial charge in [-0.15, -0.1) is 0 Å². The Balaban J connectivity index is 1.97. The zero-order valence-corrected chi connectivity index (χ0v) is 14.2. The van der Waals surface area contributed by atoms with Crippen LogP contribution in [0.5, 0.6) is 0 Å². The fourth-order valence-corrected chi connectivity index (χ4v) is 2.18. The molecule has 7 heteroatoms. The summed E-state index contributed by atoms with van der Waals surface area (Å²) in [4.78, 5) is 26.9. The standard InChI is InChI=1S/C18H19F2N3O2/c1-22(2)18(25)12-4-6-13(7-5-12)21-17(24)11-23(3)14-8-9-15(19)16(20)10-14/h4-10H,11H2,1-3H3,(H,21,24). The SMILES string of the molecule is CN(C)C(=O)c1ccc(NC(=O)CN(C)c2ccc(F)c(F)c2)cc1. The molecule has 0 bridgehead atoms. The Bertz CT molecular complexity index is 776. The first-order valence-corrected chi connectivity index (χ1v) is 7.55. The van der Waals surface area contributed by atoms with Gasteiger partial charge < -0.3 is 15.1 Å². The predicted molar refractivity (Wildman–Crippen MR) is 92.7 cm³/mol. The van der Waals surface area contributed by atoms with E-state index in [4.69, 9.17) is 0 Å². The number of anilines is 2. The summed E-state index contributed by atoms with van der Waals surface area (Å²) in [6.07, 6.45) is 0. The van der Waals surface area contributed by atoms with E-state index in [1.807, 2.05) is 0 Å². The van der Waals surface area contributed by atoms with Crippen LogP contribution in [0.4, 0.5) is 20.2 Å². The van der Waals surface area contributed by atoms with Crippen LogP contribution in [0.25, 0.3) is 0 Å². The molecule has 0 heterocycles. The summed E-state index contributed by atoms with van der Waals surface area (Å²) in [6, 6.07) is 9.95. The minimum Gasteiger partial charge on any atom is -0.365 e. The fourth-order valence-electron chi connectivity index (χ4n) is 2.18. The first kappa shape index (κ1) is 18.4. The molecular weight excluding hydrogens is 328 g/mol. The molecule has 2 aromatic carbocycles. The van der Waals surface area contributed by atoms with Gasteiger partial charge in [0.05, 0.1) is 6.54 Å². The Morgan fingerprint density at radius 3 is 2.16 bits per heavy atom. The third kappa shape index (κ3) is 4.76. The summed E-state index contributed by atoms with van der Waals surface area (Å²) in [6.45, 7) is -0.0382. The highest BCUT2D eigenvalue weighted by atomic mass is 19.2. The number of hydrogen-bond acceptors (Lipinski definition) is 3. The van der Waals surface area contributed by atoms with Crippen molar-refractivity contribution in [3.05, 3.63) is 59.7 Å². The van der Waals surface area contributed by atoms with E-state index in [9.17, 15) is 18.4 Å². The highest BCUT2D eigenvalue weighted by molar-refractivity contribution is 5.96. The number of nitrogens with one attached hydrogen (secondary N) is 1. The molecule has 1 N–H and O–H groups in total. The molecule has 0 saturated carbocycles. The lowest BCUT2D eigenvalue weighted by atomic mass is 10.2. The van der Waals surface area contributed by atoms with Crippen molar-refractivity contribution in [2.24, 2.45) is 0 Å². The summed E-state index contributed by atoms with van der Waals surface area (Å²) >= 11 is 0. The lowest BCUT2D eigenvalue weighted by Crippen LogP contribution is -2.30. The summed E-state index contributed by atoms with van der Waals surface area (Å²) in [5.74, 6) is -2.35. The Morgan fingerprint density at radius 2 is 1.60 bits per heavy atom. The Labute approximate surface area is 144 Å². The molecule has 0 aliphatic heterocycles. The summed E-state index contributed by atoms with van der Waals surface area (Å²) < 4.78 is 26.2. The maximum Gasteiger partial charge on any atom is 0.253 e. The van der Waals surface area contributed by atoms with Gasteiger partial charge in [0.1, 0.15) is 0 Å². The van der Waals surface area contributed by atoms with E-state index in [1.54, 1.807) is 45.4 Å². The van der Waals surface area contributed by atoms with E-state index in [0.29, 0.717) is 16.9 Å². The Morgan fingerprint density at radius 1 is 0.960 bits per heavy atom. The Kier molecular flexibility index (Phi) is 5.69. The number of carbonyl (C=O) groups excluding carboxylic acids is 2. The molecule has 0 unspecified atom stereocenters. The molecule has 0 radical (unpaired) electrons. The van der Waals surface area contributed by atoms with Crippen molar-refractivity contribution in [2.45, 2.75) is 0 Å². The lowest BCUT2D eigenvalue weighted by Gasteiger charge is -2.19. The number of nitrogens with zero attached hydrogens (tertiary/aromatic N) is 2. The fraction of sp³-hybridized carbons (Fsp3) is 0.222. The topological polar surface area (TPSA) is 52.7 Å². The van der Waals surface area contributed by atoms with Crippen LogP contribution in [0.15, 0.2) is 42.5 Å². The lowest BCUT2D eigenvalue weighted by molar-refractivity contribution is -0.114. The van der Waals surface area contributed by atoms with Gasteiger partial charge in [-0.2, -0.15) is 0 Å². The van der Waals surface area contributed by atoms with Gasteiger partial charge >= 0.3 is 0 Å². The minimum atomic E-state index is -0.967. The van der Waals surface area contributed by atoms with Crippen LogP contribution in [0.2, 0.25) is 0 Å². The van der Waals surface area contributed by atoms with Gasteiger partial charge in [0, 0.05) is 44.1 Å². The molecule has 0 fully saturated rings. The van der Waals surface area contributed by atoms with Gasteiger partial charge in [-0.1, -0.05) is 0 Å². The van der Waals surface area contributed by atoms with Crippen LogP contribution in [0.1, 0.15) is 10.4 Å². The molecular formula is C18H19F2N3O2. The van der Waals surface area contributed by atoms with E-state index < -0.39 is 11.6 Å². The number of rotatable bonds is 5. The zero-order valence-electron chi connectivity index (χ0n) is 14.2. The monoisotopic (exact) mass is 347 g/mol. The predicted octanol–water partition coefficient (Wildman–Crippen LogP) is 2.74. The first-order chi connectivity index (χ1) is 11.8. The number of carbonyl (C=O) groups is 2. The summed E-state index contributed by atoms with van der Waals surface area (Å²) in [5.41, 5.74) is 1.45. The van der Waals surface area contributed by atoms with Crippen molar-refractivity contribution < 1.29 is 18.4 Å². The van der Waals surface area contributed by atoms with E-state index >= 15 is 0 Å². The smallest absolute Gasteiger partial charge is 0.253 e. The normalized spacial score (nSPS) is 10.3. The van der Waals surface area contributed by atoms with Crippen molar-refractivity contribution in [2.75, 3.05) is 37.9 Å². The van der Waals surface area contributed by atoms with E-state index in [0.717, 1.165) is 12.1 Å². The van der Waals surface area contributed by atoms with E-state index in [1.165, 1.54) is 15.9 Å². The van der Waals surface area contributed by atoms with Crippen LogP contribution < -0.4 is 10.2 Å². The van der Waals surface area contributed by atoms with Gasteiger partial charge in [-0.3, -0.25) is 9.59 Å². The second-order valence-corrected chi connectivity index (χ2v) is 5.78. The molecule has 0 aromatic heterocycles. The molecule has 2 aromatic rings. The van der Waals surface area contributed by atoms with Crippen molar-refractivity contribution in [1.82, 2.24) is 4.90 Å².